The molecule has 0 saturated carbocycles. The van der Waals surface area contributed by atoms with Crippen LogP contribution < -0.4 is 10.2 Å². The van der Waals surface area contributed by atoms with Crippen molar-refractivity contribution in [1.29, 1.82) is 0 Å². The first kappa shape index (κ1) is 17.4. The highest BCUT2D eigenvalue weighted by molar-refractivity contribution is 5.79. The summed E-state index contributed by atoms with van der Waals surface area (Å²) in [7, 11) is 1.62. The predicted molar refractivity (Wildman–Crippen MR) is 93.2 cm³/mol. The zero-order valence-corrected chi connectivity index (χ0v) is 14.6. The number of aromatic nitrogens is 2. The Bertz CT molecular complexity index is 681. The van der Waals surface area contributed by atoms with E-state index in [2.05, 4.69) is 20.2 Å². The second kappa shape index (κ2) is 8.11. The van der Waals surface area contributed by atoms with Crippen LogP contribution in [-0.2, 0) is 9.53 Å². The normalized spacial score (nSPS) is 16.6. The first-order valence-electron chi connectivity index (χ1n) is 8.54. The molecule has 1 atom stereocenters. The number of methoxy groups -OCH3 is 1. The number of carbonyl (C=O) groups is 1. The SMILES string of the molecule is COC[C@@H](NC(=O)C1CCN(c2cnccn2)CC1)c1ccc(C)o1. The standard InChI is InChI=1S/C18H24N4O3/c1-13-3-4-16(25-13)15(12-24-2)21-18(23)14-5-9-22(10-6-14)17-11-19-7-8-20-17/h3-4,7-8,11,14-15H,5-6,9-10,12H2,1-2H3,(H,21,23)/t15-/m1/s1. The zero-order valence-electron chi connectivity index (χ0n) is 14.6. The largest absolute Gasteiger partial charge is 0.464 e. The Balaban J connectivity index is 1.56. The third kappa shape index (κ3) is 4.36. The number of anilines is 1. The Kier molecular flexibility index (Phi) is 5.65. The quantitative estimate of drug-likeness (QED) is 0.864. The Hall–Kier alpha value is -2.41. The van der Waals surface area contributed by atoms with Crippen molar-refractivity contribution in [1.82, 2.24) is 15.3 Å². The Labute approximate surface area is 147 Å². The Morgan fingerprint density at radius 3 is 2.80 bits per heavy atom. The maximum Gasteiger partial charge on any atom is 0.223 e. The van der Waals surface area contributed by atoms with Gasteiger partial charge in [-0.05, 0) is 31.9 Å². The van der Waals surface area contributed by atoms with Crippen LogP contribution in [0.2, 0.25) is 0 Å². The third-order valence-corrected chi connectivity index (χ3v) is 4.49. The summed E-state index contributed by atoms with van der Waals surface area (Å²) in [4.78, 5) is 23.2. The molecule has 1 amide bonds. The second-order valence-electron chi connectivity index (χ2n) is 6.29. The van der Waals surface area contributed by atoms with Crippen molar-refractivity contribution >= 4 is 11.7 Å². The van der Waals surface area contributed by atoms with Gasteiger partial charge in [0.1, 0.15) is 23.4 Å². The van der Waals surface area contributed by atoms with Crippen LogP contribution in [0, 0.1) is 12.8 Å². The van der Waals surface area contributed by atoms with E-state index >= 15 is 0 Å². The highest BCUT2D eigenvalue weighted by Crippen LogP contribution is 2.23. The lowest BCUT2D eigenvalue weighted by molar-refractivity contribution is -0.127. The van der Waals surface area contributed by atoms with E-state index in [0.717, 1.165) is 43.3 Å². The van der Waals surface area contributed by atoms with Crippen LogP contribution in [0.15, 0.2) is 35.1 Å². The number of nitrogens with one attached hydrogen (secondary N) is 1. The average molecular weight is 344 g/mol. The lowest BCUT2D eigenvalue weighted by Gasteiger charge is -2.32. The van der Waals surface area contributed by atoms with Crippen molar-refractivity contribution in [2.24, 2.45) is 5.92 Å². The van der Waals surface area contributed by atoms with Crippen LogP contribution in [-0.4, -0.2) is 42.7 Å². The van der Waals surface area contributed by atoms with Crippen molar-refractivity contribution in [2.75, 3.05) is 31.7 Å². The minimum absolute atomic E-state index is 0.0108. The summed E-state index contributed by atoms with van der Waals surface area (Å²) < 4.78 is 10.9. The van der Waals surface area contributed by atoms with Gasteiger partial charge in [0, 0.05) is 38.5 Å². The van der Waals surface area contributed by atoms with Gasteiger partial charge in [-0.3, -0.25) is 9.78 Å². The topological polar surface area (TPSA) is 80.5 Å². The van der Waals surface area contributed by atoms with E-state index < -0.39 is 0 Å². The number of hydrogen-bond donors (Lipinski definition) is 1. The molecular weight excluding hydrogens is 320 g/mol. The molecule has 1 N–H and O–H groups in total. The molecule has 134 valence electrons. The number of nitrogens with zero attached hydrogens (tertiary/aromatic N) is 3. The van der Waals surface area contributed by atoms with Crippen molar-refractivity contribution in [3.05, 3.63) is 42.2 Å². The fourth-order valence-corrected chi connectivity index (χ4v) is 3.12. The Morgan fingerprint density at radius 1 is 1.40 bits per heavy atom. The molecule has 25 heavy (non-hydrogen) atoms. The van der Waals surface area contributed by atoms with Crippen LogP contribution in [0.25, 0.3) is 0 Å². The molecule has 7 nitrogen and oxygen atoms in total. The van der Waals surface area contributed by atoms with Gasteiger partial charge in [-0.25, -0.2) is 4.98 Å². The maximum absolute atomic E-state index is 12.7. The first-order chi connectivity index (χ1) is 12.2. The average Bonchev–Trinajstić information content (AvgIpc) is 3.08. The molecule has 1 fully saturated rings. The van der Waals surface area contributed by atoms with Crippen LogP contribution in [0.5, 0.6) is 0 Å². The second-order valence-corrected chi connectivity index (χ2v) is 6.29. The van der Waals surface area contributed by atoms with E-state index in [1.807, 2.05) is 19.1 Å². The number of amides is 1. The number of carbonyl (C=O) groups excluding carboxylic acids is 1. The first-order valence-corrected chi connectivity index (χ1v) is 8.54. The third-order valence-electron chi connectivity index (χ3n) is 4.49. The minimum atomic E-state index is -0.260. The summed E-state index contributed by atoms with van der Waals surface area (Å²) in [5, 5.41) is 3.07. The molecule has 1 aliphatic heterocycles. The lowest BCUT2D eigenvalue weighted by Crippen LogP contribution is -2.42. The smallest absolute Gasteiger partial charge is 0.223 e. The fraction of sp³-hybridized carbons (Fsp3) is 0.500. The number of furan rings is 1. The van der Waals surface area contributed by atoms with Crippen LogP contribution in [0.3, 0.4) is 0 Å². The summed E-state index contributed by atoms with van der Waals surface area (Å²) in [5.74, 6) is 2.45. The summed E-state index contributed by atoms with van der Waals surface area (Å²) in [6, 6.07) is 3.52. The molecule has 3 heterocycles. The Morgan fingerprint density at radius 2 is 2.20 bits per heavy atom. The maximum atomic E-state index is 12.7. The van der Waals surface area contributed by atoms with Crippen molar-refractivity contribution in [3.63, 3.8) is 0 Å². The molecule has 0 aromatic carbocycles. The molecule has 2 aromatic rings. The number of rotatable bonds is 6. The molecular formula is C18H24N4O3. The highest BCUT2D eigenvalue weighted by Gasteiger charge is 2.28. The van der Waals surface area contributed by atoms with Crippen molar-refractivity contribution in [2.45, 2.75) is 25.8 Å². The van der Waals surface area contributed by atoms with E-state index in [4.69, 9.17) is 9.15 Å². The van der Waals surface area contributed by atoms with Gasteiger partial charge >= 0.3 is 0 Å². The van der Waals surface area contributed by atoms with Gasteiger partial charge in [0.2, 0.25) is 5.91 Å². The molecule has 0 spiro atoms. The summed E-state index contributed by atoms with van der Waals surface area (Å²) in [5.41, 5.74) is 0. The van der Waals surface area contributed by atoms with E-state index in [1.54, 1.807) is 25.7 Å². The highest BCUT2D eigenvalue weighted by atomic mass is 16.5. The van der Waals surface area contributed by atoms with E-state index in [0.29, 0.717) is 6.61 Å². The number of piperidine rings is 1. The minimum Gasteiger partial charge on any atom is -0.464 e. The van der Waals surface area contributed by atoms with Crippen LogP contribution in [0.1, 0.15) is 30.4 Å². The van der Waals surface area contributed by atoms with Gasteiger partial charge < -0.3 is 19.4 Å². The number of hydrogen-bond acceptors (Lipinski definition) is 6. The molecule has 1 saturated heterocycles. The molecule has 3 rings (SSSR count). The van der Waals surface area contributed by atoms with Gasteiger partial charge in [-0.1, -0.05) is 0 Å². The zero-order chi connectivity index (χ0) is 17.6. The molecule has 2 aromatic heterocycles. The molecule has 7 heteroatoms. The van der Waals surface area contributed by atoms with Crippen molar-refractivity contribution < 1.29 is 13.9 Å². The van der Waals surface area contributed by atoms with Gasteiger partial charge in [-0.15, -0.1) is 0 Å². The van der Waals surface area contributed by atoms with Crippen LogP contribution in [0.4, 0.5) is 5.82 Å². The van der Waals surface area contributed by atoms with Gasteiger partial charge in [0.15, 0.2) is 0 Å². The van der Waals surface area contributed by atoms with E-state index in [9.17, 15) is 4.79 Å². The predicted octanol–water partition coefficient (Wildman–Crippen LogP) is 2.10. The van der Waals surface area contributed by atoms with Gasteiger partial charge in [0.05, 0.1) is 12.8 Å². The fourth-order valence-electron chi connectivity index (χ4n) is 3.12. The summed E-state index contributed by atoms with van der Waals surface area (Å²) in [6.45, 7) is 3.87. The molecule has 0 unspecified atom stereocenters. The number of ether oxygens (including phenoxy) is 1. The number of aryl methyl sites for hydroxylation is 1. The molecule has 0 bridgehead atoms. The van der Waals surface area contributed by atoms with E-state index in [1.165, 1.54) is 0 Å². The van der Waals surface area contributed by atoms with Gasteiger partial charge in [0.25, 0.3) is 0 Å². The van der Waals surface area contributed by atoms with Crippen LogP contribution >= 0.6 is 0 Å². The summed E-state index contributed by atoms with van der Waals surface area (Å²) >= 11 is 0. The monoisotopic (exact) mass is 344 g/mol. The molecule has 0 radical (unpaired) electrons. The molecule has 0 aliphatic carbocycles. The van der Waals surface area contributed by atoms with Gasteiger partial charge in [-0.2, -0.15) is 0 Å². The molecule has 1 aliphatic rings. The van der Waals surface area contributed by atoms with E-state index in [-0.39, 0.29) is 17.9 Å². The lowest BCUT2D eigenvalue weighted by atomic mass is 9.95. The summed E-state index contributed by atoms with van der Waals surface area (Å²) in [6.07, 6.45) is 6.69. The van der Waals surface area contributed by atoms with Crippen molar-refractivity contribution in [3.8, 4) is 0 Å².